The maximum Gasteiger partial charge on any atom is 0.0265 e. The number of nitrogens with zero attached hydrogens (tertiary/aromatic N) is 1. The van der Waals surface area contributed by atoms with Crippen molar-refractivity contribution in [2.45, 2.75) is 47.7 Å². The number of hydrogen-bond acceptors (Lipinski definition) is 1. The van der Waals surface area contributed by atoms with Gasteiger partial charge in [0.2, 0.25) is 0 Å². The van der Waals surface area contributed by atoms with E-state index in [4.69, 9.17) is 0 Å². The standard InChI is InChI=1S/C15H12N.C9H13.C2H6Si.2ClH.Zr/c1-11-10-12-6-2-3-7-13(12)15(11)14-8-4-5-9-16-14;1-6-5-7(2)9(4)8(6)3;1-3-2;;;/h2-10H,1H3;6H,1-4H3;1-2H3;2*1H;/q2*-1;;;;+2. The van der Waals surface area contributed by atoms with E-state index in [0.717, 1.165) is 5.69 Å². The van der Waals surface area contributed by atoms with Gasteiger partial charge < -0.3 is 0 Å². The van der Waals surface area contributed by atoms with E-state index in [9.17, 15) is 0 Å². The first-order valence-electron chi connectivity index (χ1n) is 10.1. The Morgan fingerprint density at radius 3 is 2.00 bits per heavy atom. The summed E-state index contributed by atoms with van der Waals surface area (Å²) in [5.41, 5.74) is 8.06. The van der Waals surface area contributed by atoms with Gasteiger partial charge in [-0.25, -0.2) is 5.57 Å². The van der Waals surface area contributed by atoms with E-state index in [0.29, 0.717) is 5.92 Å². The van der Waals surface area contributed by atoms with Crippen LogP contribution < -0.4 is 0 Å². The van der Waals surface area contributed by atoms with E-state index in [1.165, 1.54) is 38.6 Å². The van der Waals surface area contributed by atoms with Crippen molar-refractivity contribution >= 4 is 41.0 Å². The van der Waals surface area contributed by atoms with Crippen molar-refractivity contribution in [3.05, 3.63) is 83.1 Å². The number of hydrogen-bond donors (Lipinski definition) is 0. The quantitative estimate of drug-likeness (QED) is 0.220. The normalized spacial score (nSPS) is 14.4. The number of benzene rings is 1. The zero-order valence-electron chi connectivity index (χ0n) is 19.5. The molecule has 3 aromatic rings. The molecule has 0 fully saturated rings. The molecular formula is C26H33Cl2NSiZr. The van der Waals surface area contributed by atoms with Crippen LogP contribution in [-0.2, 0) is 23.3 Å². The van der Waals surface area contributed by atoms with E-state index < -0.39 is 0 Å². The average Bonchev–Trinajstić information content (AvgIpc) is 3.13. The monoisotopic (exact) mass is 547 g/mol. The third kappa shape index (κ3) is 8.54. The van der Waals surface area contributed by atoms with Crippen molar-refractivity contribution in [2.75, 3.05) is 0 Å². The van der Waals surface area contributed by atoms with Crippen molar-refractivity contribution < 1.29 is 23.3 Å². The summed E-state index contributed by atoms with van der Waals surface area (Å²) in [5, 5.41) is 2.58. The molecule has 1 aromatic heterocycles. The SMILES string of the molecule is CC1=[C-]C(C)C(C)=C1C.C[Si](C)=[Zr+2].Cc1[cH-]c2ccccc2c1-c1ccccn1.Cl.Cl. The van der Waals surface area contributed by atoms with Crippen LogP contribution in [0.1, 0.15) is 33.3 Å². The summed E-state index contributed by atoms with van der Waals surface area (Å²) in [6, 6.07) is 16.7. The minimum Gasteiger partial charge on any atom is -0.267 e. The summed E-state index contributed by atoms with van der Waals surface area (Å²) in [7, 11) is 0. The zero-order chi connectivity index (χ0) is 21.6. The largest absolute Gasteiger partial charge is 0.267 e. The van der Waals surface area contributed by atoms with E-state index >= 15 is 0 Å². The molecule has 164 valence electrons. The number of aryl methyl sites for hydroxylation is 1. The number of halogens is 2. The van der Waals surface area contributed by atoms with Gasteiger partial charge in [-0.15, -0.1) is 77.9 Å². The maximum absolute atomic E-state index is 4.43. The van der Waals surface area contributed by atoms with Gasteiger partial charge in [-0.2, -0.15) is 11.1 Å². The second-order valence-electron chi connectivity index (χ2n) is 7.80. The fraction of sp³-hybridized carbons (Fsp3) is 0.308. The fourth-order valence-electron chi connectivity index (χ4n) is 3.38. The number of rotatable bonds is 1. The van der Waals surface area contributed by atoms with Crippen LogP contribution in [0.5, 0.6) is 0 Å². The third-order valence-corrected chi connectivity index (χ3v) is 5.15. The van der Waals surface area contributed by atoms with Crippen LogP contribution in [0.25, 0.3) is 22.0 Å². The van der Waals surface area contributed by atoms with Crippen molar-refractivity contribution in [3.8, 4) is 11.3 Å². The van der Waals surface area contributed by atoms with Crippen LogP contribution in [0.4, 0.5) is 0 Å². The van der Waals surface area contributed by atoms with Gasteiger partial charge in [0, 0.05) is 11.9 Å². The number of pyridine rings is 1. The zero-order valence-corrected chi connectivity index (χ0v) is 24.6. The van der Waals surface area contributed by atoms with Gasteiger partial charge in [-0.05, 0) is 12.1 Å². The van der Waals surface area contributed by atoms with Crippen LogP contribution in [0.3, 0.4) is 0 Å². The molecule has 4 rings (SSSR count). The van der Waals surface area contributed by atoms with E-state index in [1.807, 2.05) is 18.3 Å². The second-order valence-corrected chi connectivity index (χ2v) is 17.2. The Bertz CT molecular complexity index is 1050. The third-order valence-electron chi connectivity index (χ3n) is 5.15. The molecule has 1 unspecified atom stereocenters. The van der Waals surface area contributed by atoms with Crippen molar-refractivity contribution in [1.82, 2.24) is 4.98 Å². The molecule has 5 heteroatoms. The summed E-state index contributed by atoms with van der Waals surface area (Å²) in [4.78, 5) is 4.43. The van der Waals surface area contributed by atoms with Crippen LogP contribution >= 0.6 is 24.8 Å². The first kappa shape index (κ1) is 30.1. The number of allylic oxidation sites excluding steroid dienone is 4. The van der Waals surface area contributed by atoms with Gasteiger partial charge in [-0.3, -0.25) is 11.1 Å². The smallest absolute Gasteiger partial charge is 0.0265 e. The van der Waals surface area contributed by atoms with E-state index in [1.54, 1.807) is 23.3 Å². The average molecular weight is 550 g/mol. The minimum absolute atomic E-state index is 0. The molecular weight excluding hydrogens is 517 g/mol. The van der Waals surface area contributed by atoms with E-state index in [-0.39, 0.29) is 30.2 Å². The Morgan fingerprint density at radius 1 is 0.968 bits per heavy atom. The summed E-state index contributed by atoms with van der Waals surface area (Å²) in [6.45, 7) is 15.4. The number of fused-ring (bicyclic) bond motifs is 1. The Labute approximate surface area is 216 Å². The molecule has 1 aliphatic carbocycles. The van der Waals surface area contributed by atoms with Gasteiger partial charge in [-0.1, -0.05) is 45.7 Å². The van der Waals surface area contributed by atoms with Crippen molar-refractivity contribution in [3.63, 3.8) is 0 Å². The molecule has 1 atom stereocenters. The molecule has 2 aromatic carbocycles. The topological polar surface area (TPSA) is 12.9 Å². The summed E-state index contributed by atoms with van der Waals surface area (Å²) < 4.78 is 0. The van der Waals surface area contributed by atoms with Crippen molar-refractivity contribution in [1.29, 1.82) is 0 Å². The van der Waals surface area contributed by atoms with Crippen LogP contribution in [-0.4, -0.2) is 10.4 Å². The molecule has 0 bridgehead atoms. The summed E-state index contributed by atoms with van der Waals surface area (Å²) in [6.07, 6.45) is 5.20. The maximum atomic E-state index is 4.43. The molecule has 0 saturated carbocycles. The summed E-state index contributed by atoms with van der Waals surface area (Å²) >= 11 is 1.74. The second kappa shape index (κ2) is 14.3. The Balaban J connectivity index is 0.000000516. The molecule has 31 heavy (non-hydrogen) atoms. The van der Waals surface area contributed by atoms with Crippen molar-refractivity contribution in [2.24, 2.45) is 5.92 Å². The predicted molar refractivity (Wildman–Crippen MR) is 139 cm³/mol. The van der Waals surface area contributed by atoms with Crippen LogP contribution in [0, 0.1) is 18.9 Å². The predicted octanol–water partition coefficient (Wildman–Crippen LogP) is 8.28. The van der Waals surface area contributed by atoms with Gasteiger partial charge in [0.25, 0.3) is 0 Å². The van der Waals surface area contributed by atoms with Gasteiger partial charge in [0.05, 0.1) is 0 Å². The molecule has 0 aliphatic heterocycles. The minimum atomic E-state index is 0. The van der Waals surface area contributed by atoms with Gasteiger partial charge in [0.1, 0.15) is 0 Å². The Hall–Kier alpha value is -0.860. The molecule has 1 heterocycles. The fourth-order valence-corrected chi connectivity index (χ4v) is 3.38. The molecule has 0 amide bonds. The van der Waals surface area contributed by atoms with Crippen LogP contribution in [0.15, 0.2) is 71.4 Å². The first-order valence-corrected chi connectivity index (χ1v) is 16.3. The van der Waals surface area contributed by atoms with Gasteiger partial charge in [0.15, 0.2) is 0 Å². The van der Waals surface area contributed by atoms with Gasteiger partial charge >= 0.3 is 41.9 Å². The molecule has 1 aliphatic rings. The first-order chi connectivity index (χ1) is 13.7. The molecule has 0 spiro atoms. The molecule has 1 nitrogen and oxygen atoms in total. The summed E-state index contributed by atoms with van der Waals surface area (Å²) in [5.74, 6) is 0.560. The molecule has 0 saturated heterocycles. The Morgan fingerprint density at radius 2 is 1.55 bits per heavy atom. The Kier molecular flexibility index (Phi) is 13.9. The number of aromatic nitrogens is 1. The molecule has 0 radical (unpaired) electrons. The van der Waals surface area contributed by atoms with Crippen LogP contribution in [0.2, 0.25) is 13.1 Å². The molecule has 0 N–H and O–H groups in total. The van der Waals surface area contributed by atoms with E-state index in [2.05, 4.69) is 95.2 Å².